The van der Waals surface area contributed by atoms with Gasteiger partial charge in [-0.15, -0.1) is 11.3 Å². The van der Waals surface area contributed by atoms with Crippen molar-refractivity contribution in [2.24, 2.45) is 4.99 Å². The van der Waals surface area contributed by atoms with Crippen LogP contribution in [0, 0.1) is 18.6 Å². The van der Waals surface area contributed by atoms with E-state index in [0.717, 1.165) is 17.0 Å². The standard InChI is InChI=1S/C15H15F5N2S/c1-4-12-8(3)22(5-2)14(23-12)21-9-6-10(16)13(11(17)7-9)15(18,19)20/h6-7H,4-5H2,1-3H3. The molecule has 8 heteroatoms. The second kappa shape index (κ2) is 6.43. The zero-order chi connectivity index (χ0) is 17.4. The van der Waals surface area contributed by atoms with Crippen molar-refractivity contribution in [3.8, 4) is 0 Å². The van der Waals surface area contributed by atoms with Crippen molar-refractivity contribution >= 4 is 17.0 Å². The maximum Gasteiger partial charge on any atom is 0.422 e. The van der Waals surface area contributed by atoms with Crippen molar-refractivity contribution in [3.63, 3.8) is 0 Å². The minimum absolute atomic E-state index is 0.181. The van der Waals surface area contributed by atoms with Crippen LogP contribution in [0.3, 0.4) is 0 Å². The number of hydrogen-bond donors (Lipinski definition) is 0. The molecule has 1 heterocycles. The fourth-order valence-corrected chi connectivity index (χ4v) is 3.47. The van der Waals surface area contributed by atoms with Gasteiger partial charge in [0.25, 0.3) is 0 Å². The van der Waals surface area contributed by atoms with Gasteiger partial charge < -0.3 is 4.57 Å². The van der Waals surface area contributed by atoms with Crippen molar-refractivity contribution in [2.45, 2.75) is 39.9 Å². The lowest BCUT2D eigenvalue weighted by Gasteiger charge is -2.09. The Bertz CT molecular complexity index is 763. The van der Waals surface area contributed by atoms with E-state index in [0.29, 0.717) is 23.5 Å². The van der Waals surface area contributed by atoms with Crippen LogP contribution in [0.4, 0.5) is 27.6 Å². The van der Waals surface area contributed by atoms with E-state index >= 15 is 0 Å². The van der Waals surface area contributed by atoms with E-state index in [9.17, 15) is 22.0 Å². The molecule has 1 aromatic carbocycles. The number of hydrogen-bond acceptors (Lipinski definition) is 2. The Morgan fingerprint density at radius 3 is 2.13 bits per heavy atom. The second-order valence-corrected chi connectivity index (χ2v) is 5.95. The summed E-state index contributed by atoms with van der Waals surface area (Å²) in [6.45, 7) is 6.38. The summed E-state index contributed by atoms with van der Waals surface area (Å²) in [7, 11) is 0. The monoisotopic (exact) mass is 350 g/mol. The third-order valence-electron chi connectivity index (χ3n) is 3.43. The summed E-state index contributed by atoms with van der Waals surface area (Å²) < 4.78 is 66.8. The molecule has 0 N–H and O–H groups in total. The predicted octanol–water partition coefficient (Wildman–Crippen LogP) is 4.97. The Morgan fingerprint density at radius 2 is 1.70 bits per heavy atom. The third kappa shape index (κ3) is 3.46. The molecular weight excluding hydrogens is 335 g/mol. The van der Waals surface area contributed by atoms with E-state index in [-0.39, 0.29) is 5.69 Å². The highest BCUT2D eigenvalue weighted by atomic mass is 32.1. The molecule has 0 aliphatic rings. The van der Waals surface area contributed by atoms with Crippen molar-refractivity contribution in [3.05, 3.63) is 44.7 Å². The number of aryl methyl sites for hydroxylation is 1. The molecule has 126 valence electrons. The third-order valence-corrected chi connectivity index (χ3v) is 4.75. The van der Waals surface area contributed by atoms with Crippen molar-refractivity contribution in [1.29, 1.82) is 0 Å². The summed E-state index contributed by atoms with van der Waals surface area (Å²) in [5.74, 6) is -3.33. The van der Waals surface area contributed by atoms with Crippen LogP contribution in [0.25, 0.3) is 0 Å². The summed E-state index contributed by atoms with van der Waals surface area (Å²) in [4.78, 5) is 5.69. The van der Waals surface area contributed by atoms with E-state index in [2.05, 4.69) is 4.99 Å². The molecule has 2 rings (SSSR count). The number of rotatable bonds is 3. The maximum absolute atomic E-state index is 13.6. The minimum atomic E-state index is -5.08. The molecule has 2 nitrogen and oxygen atoms in total. The highest BCUT2D eigenvalue weighted by Crippen LogP contribution is 2.35. The fourth-order valence-electron chi connectivity index (χ4n) is 2.32. The van der Waals surface area contributed by atoms with Gasteiger partial charge in [0.1, 0.15) is 17.2 Å². The Morgan fingerprint density at radius 1 is 1.13 bits per heavy atom. The average molecular weight is 350 g/mol. The van der Waals surface area contributed by atoms with Gasteiger partial charge in [-0.2, -0.15) is 13.2 Å². The van der Waals surface area contributed by atoms with Crippen molar-refractivity contribution < 1.29 is 22.0 Å². The van der Waals surface area contributed by atoms with Gasteiger partial charge in [0.05, 0.1) is 5.69 Å². The van der Waals surface area contributed by atoms with Crippen LogP contribution < -0.4 is 4.80 Å². The molecule has 23 heavy (non-hydrogen) atoms. The van der Waals surface area contributed by atoms with Crippen LogP contribution in [0.2, 0.25) is 0 Å². The number of alkyl halides is 3. The van der Waals surface area contributed by atoms with Crippen LogP contribution >= 0.6 is 11.3 Å². The SMILES string of the molecule is CCc1sc(=Nc2cc(F)c(C(F)(F)F)c(F)c2)n(CC)c1C. The van der Waals surface area contributed by atoms with Crippen LogP contribution in [0.1, 0.15) is 30.0 Å². The van der Waals surface area contributed by atoms with Crippen molar-refractivity contribution in [1.82, 2.24) is 4.57 Å². The van der Waals surface area contributed by atoms with Gasteiger partial charge in [0, 0.05) is 29.2 Å². The van der Waals surface area contributed by atoms with Gasteiger partial charge in [0.15, 0.2) is 4.80 Å². The molecule has 0 aliphatic heterocycles. The normalized spacial score (nSPS) is 13.0. The lowest BCUT2D eigenvalue weighted by Crippen LogP contribution is -2.15. The molecule has 0 unspecified atom stereocenters. The van der Waals surface area contributed by atoms with Crippen LogP contribution in [0.5, 0.6) is 0 Å². The molecule has 2 aromatic rings. The average Bonchev–Trinajstić information content (AvgIpc) is 2.71. The topological polar surface area (TPSA) is 17.3 Å². The molecule has 0 radical (unpaired) electrons. The highest BCUT2D eigenvalue weighted by molar-refractivity contribution is 7.09. The maximum atomic E-state index is 13.6. The van der Waals surface area contributed by atoms with Gasteiger partial charge in [-0.3, -0.25) is 0 Å². The molecule has 0 bridgehead atoms. The van der Waals surface area contributed by atoms with Gasteiger partial charge in [-0.25, -0.2) is 13.8 Å². The molecule has 0 saturated carbocycles. The Kier molecular flexibility index (Phi) is 4.93. The van der Waals surface area contributed by atoms with E-state index < -0.39 is 23.4 Å². The zero-order valence-corrected chi connectivity index (χ0v) is 13.6. The number of halogens is 5. The van der Waals surface area contributed by atoms with Crippen LogP contribution in [-0.4, -0.2) is 4.57 Å². The molecule has 0 atom stereocenters. The molecular formula is C15H15F5N2S. The Hall–Kier alpha value is -1.70. The molecule has 0 amide bonds. The Balaban J connectivity index is 2.62. The van der Waals surface area contributed by atoms with Gasteiger partial charge in [-0.05, 0) is 20.3 Å². The zero-order valence-electron chi connectivity index (χ0n) is 12.8. The van der Waals surface area contributed by atoms with E-state index in [1.165, 1.54) is 11.3 Å². The lowest BCUT2D eigenvalue weighted by atomic mass is 10.1. The lowest BCUT2D eigenvalue weighted by molar-refractivity contribution is -0.142. The summed E-state index contributed by atoms with van der Waals surface area (Å²) in [6, 6.07) is 1.21. The predicted molar refractivity (Wildman–Crippen MR) is 78.7 cm³/mol. The number of aromatic nitrogens is 1. The first kappa shape index (κ1) is 17.7. The quantitative estimate of drug-likeness (QED) is 0.696. The summed E-state index contributed by atoms with van der Waals surface area (Å²) in [5.41, 5.74) is -1.08. The van der Waals surface area contributed by atoms with E-state index in [1.807, 2.05) is 25.3 Å². The summed E-state index contributed by atoms with van der Waals surface area (Å²) >= 11 is 1.36. The highest BCUT2D eigenvalue weighted by Gasteiger charge is 2.37. The fraction of sp³-hybridized carbons (Fsp3) is 0.400. The Labute approximate surface area is 133 Å². The summed E-state index contributed by atoms with van der Waals surface area (Å²) in [6.07, 6.45) is -4.30. The van der Waals surface area contributed by atoms with Crippen LogP contribution in [-0.2, 0) is 19.1 Å². The number of thiazole rings is 1. The van der Waals surface area contributed by atoms with Crippen LogP contribution in [0.15, 0.2) is 17.1 Å². The largest absolute Gasteiger partial charge is 0.422 e. The second-order valence-electron chi connectivity index (χ2n) is 4.89. The van der Waals surface area contributed by atoms with Gasteiger partial charge >= 0.3 is 6.18 Å². The minimum Gasteiger partial charge on any atom is -0.321 e. The molecule has 0 spiro atoms. The molecule has 1 aromatic heterocycles. The number of nitrogens with zero attached hydrogens (tertiary/aromatic N) is 2. The first-order chi connectivity index (χ1) is 10.7. The first-order valence-corrected chi connectivity index (χ1v) is 7.80. The first-order valence-electron chi connectivity index (χ1n) is 6.99. The molecule has 0 fully saturated rings. The molecule has 0 aliphatic carbocycles. The van der Waals surface area contributed by atoms with Gasteiger partial charge in [0.2, 0.25) is 0 Å². The smallest absolute Gasteiger partial charge is 0.321 e. The van der Waals surface area contributed by atoms with E-state index in [1.54, 1.807) is 0 Å². The van der Waals surface area contributed by atoms with Gasteiger partial charge in [-0.1, -0.05) is 6.92 Å². The van der Waals surface area contributed by atoms with E-state index in [4.69, 9.17) is 0 Å². The van der Waals surface area contributed by atoms with Crippen molar-refractivity contribution in [2.75, 3.05) is 0 Å². The molecule has 0 saturated heterocycles. The summed E-state index contributed by atoms with van der Waals surface area (Å²) in [5, 5.41) is 0. The number of benzene rings is 1.